The van der Waals surface area contributed by atoms with Gasteiger partial charge in [-0.25, -0.2) is 0 Å². The molecule has 0 amide bonds. The molecule has 2 nitrogen and oxygen atoms in total. The van der Waals surface area contributed by atoms with Crippen LogP contribution >= 0.6 is 0 Å². The first kappa shape index (κ1) is 39.8. The minimum absolute atomic E-state index is 0.379. The van der Waals surface area contributed by atoms with Crippen molar-refractivity contribution >= 4 is 17.5 Å². The van der Waals surface area contributed by atoms with Gasteiger partial charge in [0.15, 0.2) is 0 Å². The molecule has 288 valence electrons. The van der Waals surface area contributed by atoms with Gasteiger partial charge in [0.25, 0.3) is 0 Å². The van der Waals surface area contributed by atoms with Gasteiger partial charge in [0, 0.05) is 28.8 Å². The molecule has 58 heavy (non-hydrogen) atoms. The predicted octanol–water partition coefficient (Wildman–Crippen LogP) is 14.6. The zero-order valence-corrected chi connectivity index (χ0v) is 34.4. The normalized spacial score (nSPS) is 17.6. The minimum Gasteiger partial charge on any atom is -0.285 e. The molecule has 0 aliphatic heterocycles. The third-order valence-corrected chi connectivity index (χ3v) is 11.4. The van der Waals surface area contributed by atoms with Crippen LogP contribution < -0.4 is 0 Å². The lowest BCUT2D eigenvalue weighted by atomic mass is 9.74. The topological polar surface area (TPSA) is 24.7 Å². The van der Waals surface area contributed by atoms with E-state index in [0.29, 0.717) is 12.5 Å². The molecule has 7 rings (SSSR count). The summed E-state index contributed by atoms with van der Waals surface area (Å²) >= 11 is 0. The minimum atomic E-state index is -0.406. The van der Waals surface area contributed by atoms with Crippen LogP contribution in [0.15, 0.2) is 227 Å². The van der Waals surface area contributed by atoms with E-state index in [1.165, 1.54) is 50.1 Å². The molecule has 2 heteroatoms. The molecule has 5 aromatic rings. The van der Waals surface area contributed by atoms with Gasteiger partial charge >= 0.3 is 0 Å². The van der Waals surface area contributed by atoms with Crippen LogP contribution in [0.1, 0.15) is 80.7 Å². The molecule has 0 heterocycles. The summed E-state index contributed by atoms with van der Waals surface area (Å²) in [5.74, 6) is 0.379. The van der Waals surface area contributed by atoms with Gasteiger partial charge in [0.2, 0.25) is 0 Å². The van der Waals surface area contributed by atoms with E-state index in [-0.39, 0.29) is 0 Å². The van der Waals surface area contributed by atoms with Gasteiger partial charge in [-0.15, -0.1) is 0 Å². The third kappa shape index (κ3) is 9.59. The van der Waals surface area contributed by atoms with Crippen molar-refractivity contribution in [3.05, 3.63) is 244 Å². The maximum Gasteiger partial charge on any atom is 0.0666 e. The molecule has 0 saturated heterocycles. The van der Waals surface area contributed by atoms with Gasteiger partial charge in [-0.3, -0.25) is 9.98 Å². The number of hydrogen-bond donors (Lipinski definition) is 0. The number of nitrogens with zero attached hydrogens (tertiary/aromatic N) is 2. The average Bonchev–Trinajstić information content (AvgIpc) is 3.30. The lowest BCUT2D eigenvalue weighted by molar-refractivity contribution is 0.716. The molecule has 2 aliphatic carbocycles. The van der Waals surface area contributed by atoms with Crippen molar-refractivity contribution in [3.63, 3.8) is 0 Å². The molecule has 0 aromatic heterocycles. The highest BCUT2D eigenvalue weighted by molar-refractivity contribution is 6.23. The fourth-order valence-corrected chi connectivity index (χ4v) is 7.92. The van der Waals surface area contributed by atoms with Crippen molar-refractivity contribution in [2.45, 2.75) is 64.8 Å². The number of allylic oxidation sites excluding steroid dienone is 12. The summed E-state index contributed by atoms with van der Waals surface area (Å²) in [7, 11) is 0. The smallest absolute Gasteiger partial charge is 0.0666 e. The number of hydrogen-bond acceptors (Lipinski definition) is 2. The van der Waals surface area contributed by atoms with Crippen LogP contribution in [0.3, 0.4) is 0 Å². The van der Waals surface area contributed by atoms with Crippen LogP contribution in [-0.2, 0) is 12.0 Å². The number of aliphatic imine (C=N–C) groups is 2. The standard InChI is InChI=1S/C56H54N2/c1-5-44(45-19-11-7-12-20-45)39-54(50-23-15-9-16-24-50)42(3)58-41-43-27-29-47(30-28-43)49-35-37-53(38-36-49)56(4,52-25-17-10-18-26-52)40-55(57-6-2)51-33-31-48(32-34-51)46-21-13-8-14-22-46/h5-6,8-11,13-31,33-40,48H,7,12,32,41H2,1-4H3/b44-5+,54-39+,55-40-,57-6-,58-42+. The van der Waals surface area contributed by atoms with Crippen molar-refractivity contribution < 1.29 is 0 Å². The van der Waals surface area contributed by atoms with E-state index < -0.39 is 5.41 Å². The first-order valence-electron chi connectivity index (χ1n) is 20.7. The molecular formula is C56H54N2. The van der Waals surface area contributed by atoms with Crippen molar-refractivity contribution in [3.8, 4) is 11.1 Å². The Morgan fingerprint density at radius 2 is 1.33 bits per heavy atom. The largest absolute Gasteiger partial charge is 0.285 e. The SMILES string of the molecule is C/C=N\C(=C/C(C)(c1ccccc1)c1ccc(-c2ccc(C/N=C(C)/C(=C\C(=C/C)C3=CCCC=C3)c3ccccc3)cc2)cc1)C1=CCC(c2ccccc2)C=C1. The van der Waals surface area contributed by atoms with E-state index in [1.807, 2.05) is 13.1 Å². The fraction of sp³-hybridized carbons (Fsp3) is 0.179. The molecule has 0 fully saturated rings. The first-order chi connectivity index (χ1) is 28.4. The van der Waals surface area contributed by atoms with Gasteiger partial charge in [-0.05, 0) is 115 Å². The Bertz CT molecular complexity index is 2430. The van der Waals surface area contributed by atoms with E-state index in [2.05, 4.69) is 215 Å². The summed E-state index contributed by atoms with van der Waals surface area (Å²) in [6.07, 6.45) is 25.6. The molecule has 2 unspecified atom stereocenters. The van der Waals surface area contributed by atoms with E-state index >= 15 is 0 Å². The second-order valence-electron chi connectivity index (χ2n) is 15.2. The van der Waals surface area contributed by atoms with Crippen molar-refractivity contribution in [2.75, 3.05) is 0 Å². The summed E-state index contributed by atoms with van der Waals surface area (Å²) in [6, 6.07) is 50.1. The highest BCUT2D eigenvalue weighted by Gasteiger charge is 2.28. The average molecular weight is 755 g/mol. The van der Waals surface area contributed by atoms with Crippen LogP contribution in [0, 0.1) is 0 Å². The Labute approximate surface area is 346 Å². The quantitative estimate of drug-likeness (QED) is 0.0845. The molecule has 0 saturated carbocycles. The summed E-state index contributed by atoms with van der Waals surface area (Å²) in [5, 5.41) is 0. The molecule has 0 spiro atoms. The van der Waals surface area contributed by atoms with Gasteiger partial charge in [-0.2, -0.15) is 0 Å². The third-order valence-electron chi connectivity index (χ3n) is 11.4. The number of benzene rings is 5. The van der Waals surface area contributed by atoms with E-state index in [0.717, 1.165) is 41.8 Å². The zero-order chi connectivity index (χ0) is 40.2. The van der Waals surface area contributed by atoms with Gasteiger partial charge < -0.3 is 0 Å². The van der Waals surface area contributed by atoms with E-state index in [1.54, 1.807) is 0 Å². The molecule has 0 radical (unpaired) electrons. The highest BCUT2D eigenvalue weighted by atomic mass is 14.7. The Balaban J connectivity index is 1.11. The fourth-order valence-electron chi connectivity index (χ4n) is 7.92. The van der Waals surface area contributed by atoms with Crippen LogP contribution in [0.2, 0.25) is 0 Å². The van der Waals surface area contributed by atoms with Gasteiger partial charge in [0.05, 0.1) is 12.2 Å². The Morgan fingerprint density at radius 1 is 0.690 bits per heavy atom. The van der Waals surface area contributed by atoms with Crippen LogP contribution in [0.4, 0.5) is 0 Å². The van der Waals surface area contributed by atoms with Crippen LogP contribution in [0.5, 0.6) is 0 Å². The predicted molar refractivity (Wildman–Crippen MR) is 249 cm³/mol. The Kier molecular flexibility index (Phi) is 13.2. The van der Waals surface area contributed by atoms with Gasteiger partial charge in [0.1, 0.15) is 0 Å². The maximum atomic E-state index is 5.12. The van der Waals surface area contributed by atoms with Crippen LogP contribution in [-0.4, -0.2) is 11.9 Å². The van der Waals surface area contributed by atoms with E-state index in [9.17, 15) is 0 Å². The lowest BCUT2D eigenvalue weighted by Gasteiger charge is -2.29. The molecule has 2 atom stereocenters. The molecule has 2 aliphatic rings. The van der Waals surface area contributed by atoms with Crippen molar-refractivity contribution in [1.82, 2.24) is 0 Å². The molecule has 0 bridgehead atoms. The number of rotatable bonds is 13. The van der Waals surface area contributed by atoms with Crippen molar-refractivity contribution in [1.29, 1.82) is 0 Å². The van der Waals surface area contributed by atoms with Crippen molar-refractivity contribution in [2.24, 2.45) is 9.98 Å². The molecule has 0 N–H and O–H groups in total. The maximum absolute atomic E-state index is 5.12. The summed E-state index contributed by atoms with van der Waals surface area (Å²) < 4.78 is 0. The summed E-state index contributed by atoms with van der Waals surface area (Å²) in [5.41, 5.74) is 14.9. The Hall–Kier alpha value is -6.38. The van der Waals surface area contributed by atoms with E-state index in [4.69, 9.17) is 9.98 Å². The lowest BCUT2D eigenvalue weighted by Crippen LogP contribution is -2.22. The molecular weight excluding hydrogens is 701 g/mol. The summed E-state index contributed by atoms with van der Waals surface area (Å²) in [6.45, 7) is 9.17. The zero-order valence-electron chi connectivity index (χ0n) is 34.4. The highest BCUT2D eigenvalue weighted by Crippen LogP contribution is 2.38. The van der Waals surface area contributed by atoms with Crippen LogP contribution in [0.25, 0.3) is 16.7 Å². The monoisotopic (exact) mass is 754 g/mol. The van der Waals surface area contributed by atoms with Gasteiger partial charge in [-0.1, -0.05) is 182 Å². The first-order valence-corrected chi connectivity index (χ1v) is 20.7. The summed E-state index contributed by atoms with van der Waals surface area (Å²) in [4.78, 5) is 10.1. The molecule has 5 aromatic carbocycles. The second kappa shape index (κ2) is 19.2. The second-order valence-corrected chi connectivity index (χ2v) is 15.2. The Morgan fingerprint density at radius 3 is 1.93 bits per heavy atom.